The Hall–Kier alpha value is -3.82. The maximum atomic E-state index is 12.8. The molecule has 7 nitrogen and oxygen atoms in total. The van der Waals surface area contributed by atoms with E-state index in [0.717, 1.165) is 27.1 Å². The summed E-state index contributed by atoms with van der Waals surface area (Å²) in [7, 11) is 1.64. The number of carbonyl (C=O) groups excluding carboxylic acids is 1. The molecule has 0 aliphatic carbocycles. The maximum Gasteiger partial charge on any atom is 0.279 e. The van der Waals surface area contributed by atoms with Crippen LogP contribution in [0, 0.1) is 0 Å². The molecule has 4 aromatic rings. The van der Waals surface area contributed by atoms with Crippen molar-refractivity contribution < 1.29 is 14.6 Å². The van der Waals surface area contributed by atoms with Crippen molar-refractivity contribution in [2.45, 2.75) is 12.5 Å². The molecule has 0 saturated carbocycles. The van der Waals surface area contributed by atoms with Gasteiger partial charge in [0.2, 0.25) is 11.0 Å². The van der Waals surface area contributed by atoms with Crippen LogP contribution in [0.4, 0.5) is 5.13 Å². The lowest BCUT2D eigenvalue weighted by Gasteiger charge is -2.21. The zero-order chi connectivity index (χ0) is 24.8. The number of aromatic nitrogens is 1. The molecule has 0 radical (unpaired) electrons. The molecular formula is C27H19BrN4O3S. The highest BCUT2D eigenvalue weighted by Crippen LogP contribution is 2.43. The van der Waals surface area contributed by atoms with Crippen molar-refractivity contribution in [1.82, 2.24) is 4.98 Å². The van der Waals surface area contributed by atoms with E-state index in [9.17, 15) is 9.90 Å². The highest BCUT2D eigenvalue weighted by atomic mass is 79.9. The summed E-state index contributed by atoms with van der Waals surface area (Å²) in [6.07, 6.45) is 0.659. The number of amides is 1. The second-order valence-corrected chi connectivity index (χ2v) is 10.2. The summed E-state index contributed by atoms with van der Waals surface area (Å²) < 4.78 is 6.15. The van der Waals surface area contributed by atoms with Crippen molar-refractivity contribution in [3.05, 3.63) is 104 Å². The Kier molecular flexibility index (Phi) is 5.66. The van der Waals surface area contributed by atoms with Crippen LogP contribution in [0.15, 0.2) is 87.4 Å². The molecule has 1 atom stereocenters. The minimum Gasteiger partial charge on any atom is -0.497 e. The molecule has 1 amide bonds. The van der Waals surface area contributed by atoms with Crippen LogP contribution in [0.2, 0.25) is 0 Å². The number of carbonyl (C=O) groups is 1. The number of anilines is 1. The highest BCUT2D eigenvalue weighted by molar-refractivity contribution is 9.10. The van der Waals surface area contributed by atoms with Gasteiger partial charge in [0, 0.05) is 16.1 Å². The van der Waals surface area contributed by atoms with Gasteiger partial charge < -0.3 is 9.84 Å². The first-order valence-corrected chi connectivity index (χ1v) is 12.8. The molecule has 6 rings (SSSR count). The SMILES string of the molecule is COc1ccc([C@H]2CC(c3ccccc3)=NN2c2nc(O)c(C3=c4cc(Br)ccc4=NC3=O)s2)cc1. The number of benzene rings is 3. The number of halogens is 1. The van der Waals surface area contributed by atoms with Gasteiger partial charge in [-0.1, -0.05) is 69.7 Å². The summed E-state index contributed by atoms with van der Waals surface area (Å²) in [6.45, 7) is 0. The molecule has 3 heterocycles. The predicted octanol–water partition coefficient (Wildman–Crippen LogP) is 4.33. The van der Waals surface area contributed by atoms with E-state index in [0.29, 0.717) is 32.6 Å². The van der Waals surface area contributed by atoms with Crippen molar-refractivity contribution >= 4 is 49.6 Å². The molecule has 0 saturated heterocycles. The molecule has 0 fully saturated rings. The van der Waals surface area contributed by atoms with Crippen LogP contribution in [0.25, 0.3) is 5.57 Å². The lowest BCUT2D eigenvalue weighted by atomic mass is 9.98. The predicted molar refractivity (Wildman–Crippen MR) is 142 cm³/mol. The van der Waals surface area contributed by atoms with Crippen molar-refractivity contribution in [3.63, 3.8) is 0 Å². The molecular weight excluding hydrogens is 540 g/mol. The third-order valence-electron chi connectivity index (χ3n) is 6.20. The number of rotatable bonds is 5. The number of fused-ring (bicyclic) bond motifs is 1. The largest absolute Gasteiger partial charge is 0.497 e. The third kappa shape index (κ3) is 3.90. The summed E-state index contributed by atoms with van der Waals surface area (Å²) in [5, 5.41) is 19.3. The zero-order valence-electron chi connectivity index (χ0n) is 19.1. The Morgan fingerprint density at radius 3 is 2.61 bits per heavy atom. The molecule has 2 aliphatic heterocycles. The Bertz CT molecular complexity index is 1650. The molecule has 0 unspecified atom stereocenters. The van der Waals surface area contributed by atoms with Crippen molar-refractivity contribution in [2.75, 3.05) is 12.1 Å². The number of thiazole rings is 1. The highest BCUT2D eigenvalue weighted by Gasteiger charge is 2.34. The molecule has 2 aliphatic rings. The van der Waals surface area contributed by atoms with Crippen molar-refractivity contribution in [2.24, 2.45) is 10.1 Å². The first-order chi connectivity index (χ1) is 17.5. The molecule has 0 spiro atoms. The first-order valence-electron chi connectivity index (χ1n) is 11.2. The third-order valence-corrected chi connectivity index (χ3v) is 7.75. The van der Waals surface area contributed by atoms with Gasteiger partial charge in [-0.15, -0.1) is 0 Å². The van der Waals surface area contributed by atoms with Gasteiger partial charge >= 0.3 is 0 Å². The number of hydrogen-bond acceptors (Lipinski definition) is 7. The van der Waals surface area contributed by atoms with Gasteiger partial charge in [-0.05, 0) is 41.5 Å². The Morgan fingerprint density at radius 1 is 1.08 bits per heavy atom. The number of hydrazone groups is 1. The standard InChI is InChI=1S/C27H19BrN4O3S/c1-35-18-10-7-16(8-11-18)22-14-21(15-5-3-2-4-6-15)31-32(22)27-30-26(34)24(36-27)23-19-13-17(28)9-12-20(19)29-25(23)33/h2-13,22,34H,14H2,1H3/t22-/m1/s1. The summed E-state index contributed by atoms with van der Waals surface area (Å²) in [4.78, 5) is 21.8. The van der Waals surface area contributed by atoms with Crippen LogP contribution >= 0.6 is 27.3 Å². The monoisotopic (exact) mass is 558 g/mol. The number of nitrogens with zero attached hydrogens (tertiary/aromatic N) is 4. The molecule has 36 heavy (non-hydrogen) atoms. The molecule has 178 valence electrons. The van der Waals surface area contributed by atoms with E-state index in [1.807, 2.05) is 71.7 Å². The second-order valence-electron chi connectivity index (χ2n) is 8.35. The Morgan fingerprint density at radius 2 is 1.86 bits per heavy atom. The fourth-order valence-corrected chi connectivity index (χ4v) is 5.82. The summed E-state index contributed by atoms with van der Waals surface area (Å²) in [5.41, 5.74) is 3.33. The average Bonchev–Trinajstić information content (AvgIpc) is 3.59. The minimum absolute atomic E-state index is 0.139. The fraction of sp³-hybridized carbons (Fsp3) is 0.111. The second kappa shape index (κ2) is 9.00. The first kappa shape index (κ1) is 22.6. The smallest absolute Gasteiger partial charge is 0.279 e. The molecule has 3 aromatic carbocycles. The van der Waals surface area contributed by atoms with Gasteiger partial charge in [0.15, 0.2) is 0 Å². The maximum absolute atomic E-state index is 12.8. The summed E-state index contributed by atoms with van der Waals surface area (Å²) >= 11 is 4.69. The van der Waals surface area contributed by atoms with E-state index in [2.05, 4.69) is 25.9 Å². The van der Waals surface area contributed by atoms with Crippen molar-refractivity contribution in [1.29, 1.82) is 0 Å². The normalized spacial score (nSPS) is 16.7. The lowest BCUT2D eigenvalue weighted by Crippen LogP contribution is -2.22. The topological polar surface area (TPSA) is 87.4 Å². The van der Waals surface area contributed by atoms with Gasteiger partial charge in [0.05, 0.1) is 29.8 Å². The molecule has 0 bridgehead atoms. The van der Waals surface area contributed by atoms with Gasteiger partial charge in [0.1, 0.15) is 10.6 Å². The molecule has 9 heteroatoms. The van der Waals surface area contributed by atoms with Crippen molar-refractivity contribution in [3.8, 4) is 11.6 Å². The summed E-state index contributed by atoms with van der Waals surface area (Å²) in [5.74, 6) is 0.166. The van der Waals surface area contributed by atoms with Crippen LogP contribution < -0.4 is 20.3 Å². The van der Waals surface area contributed by atoms with E-state index >= 15 is 0 Å². The fourth-order valence-electron chi connectivity index (χ4n) is 4.45. The van der Waals surface area contributed by atoms with Crippen LogP contribution in [-0.4, -0.2) is 28.8 Å². The van der Waals surface area contributed by atoms with Crippen LogP contribution in [0.1, 0.15) is 28.5 Å². The number of ether oxygens (including phenoxy) is 1. The Labute approximate surface area is 218 Å². The van der Waals surface area contributed by atoms with Gasteiger partial charge in [-0.25, -0.2) is 10.0 Å². The van der Waals surface area contributed by atoms with E-state index in [-0.39, 0.29) is 11.9 Å². The van der Waals surface area contributed by atoms with Gasteiger partial charge in [-0.3, -0.25) is 4.79 Å². The van der Waals surface area contributed by atoms with E-state index < -0.39 is 5.91 Å². The van der Waals surface area contributed by atoms with Gasteiger partial charge in [0.25, 0.3) is 5.91 Å². The van der Waals surface area contributed by atoms with Crippen LogP contribution in [-0.2, 0) is 4.79 Å². The number of aromatic hydroxyl groups is 1. The molecule has 1 aromatic heterocycles. The van der Waals surface area contributed by atoms with Crippen LogP contribution in [0.5, 0.6) is 11.6 Å². The quantitative estimate of drug-likeness (QED) is 0.394. The summed E-state index contributed by atoms with van der Waals surface area (Å²) in [6, 6.07) is 23.2. The lowest BCUT2D eigenvalue weighted by molar-refractivity contribution is -0.112. The number of methoxy groups -OCH3 is 1. The number of hydrogen-bond donors (Lipinski definition) is 1. The van der Waals surface area contributed by atoms with Crippen LogP contribution in [0.3, 0.4) is 0 Å². The zero-order valence-corrected chi connectivity index (χ0v) is 21.5. The van der Waals surface area contributed by atoms with E-state index in [1.54, 1.807) is 13.2 Å². The Balaban J connectivity index is 1.46. The molecule has 1 N–H and O–H groups in total. The van der Waals surface area contributed by atoms with E-state index in [4.69, 9.17) is 9.84 Å². The van der Waals surface area contributed by atoms with E-state index in [1.165, 1.54) is 11.3 Å². The van der Waals surface area contributed by atoms with Gasteiger partial charge in [-0.2, -0.15) is 10.1 Å². The minimum atomic E-state index is -0.393. The average molecular weight is 559 g/mol.